The molecule has 0 saturated heterocycles. The van der Waals surface area contributed by atoms with Gasteiger partial charge < -0.3 is 5.11 Å². The molecule has 0 bridgehead atoms. The summed E-state index contributed by atoms with van der Waals surface area (Å²) in [7, 11) is 0. The summed E-state index contributed by atoms with van der Waals surface area (Å²) in [5.74, 6) is -32.2. The van der Waals surface area contributed by atoms with Crippen molar-refractivity contribution >= 4 is 11.5 Å². The molecule has 0 aliphatic heterocycles. The lowest BCUT2D eigenvalue weighted by Gasteiger charge is -2.48. The topological polar surface area (TPSA) is 37.3 Å². The van der Waals surface area contributed by atoms with E-state index in [1.54, 1.807) is 0 Å². The van der Waals surface area contributed by atoms with Crippen molar-refractivity contribution in [3.8, 4) is 0 Å². The first kappa shape index (κ1) is 21.0. The van der Waals surface area contributed by atoms with Gasteiger partial charge in [0.05, 0.1) is 6.42 Å². The van der Waals surface area contributed by atoms with E-state index in [9.17, 15) is 48.7 Å². The molecule has 1 aromatic rings. The Morgan fingerprint density at radius 3 is 1.74 bits per heavy atom. The summed E-state index contributed by atoms with van der Waals surface area (Å²) in [6.07, 6.45) is -3.40. The van der Waals surface area contributed by atoms with Gasteiger partial charge in [-0.05, 0) is 5.56 Å². The van der Waals surface area contributed by atoms with Crippen molar-refractivity contribution in [1.82, 2.24) is 0 Å². The van der Waals surface area contributed by atoms with Gasteiger partial charge in [-0.15, -0.1) is 0 Å². The summed E-state index contributed by atoms with van der Waals surface area (Å²) in [6.45, 7) is 0. The average Bonchev–Trinajstić information content (AvgIpc) is 2.53. The molecule has 1 aliphatic rings. The number of carbonyl (C=O) groups is 1. The largest absolute Gasteiger partial charge is 0.478 e. The van der Waals surface area contributed by atoms with Crippen molar-refractivity contribution < 1.29 is 53.8 Å². The van der Waals surface area contributed by atoms with Crippen molar-refractivity contribution in [2.45, 2.75) is 35.8 Å². The normalized spacial score (nSPS) is 29.0. The second-order valence-electron chi connectivity index (χ2n) is 5.77. The van der Waals surface area contributed by atoms with E-state index in [-0.39, 0.29) is 0 Å². The van der Waals surface area contributed by atoms with Crippen LogP contribution in [-0.4, -0.2) is 40.4 Å². The van der Waals surface area contributed by atoms with Crippen LogP contribution in [0.15, 0.2) is 36.2 Å². The van der Waals surface area contributed by atoms with Crippen LogP contribution in [0.5, 0.6) is 0 Å². The van der Waals surface area contributed by atoms with Crippen LogP contribution >= 0.6 is 0 Å². The van der Waals surface area contributed by atoms with E-state index >= 15 is 0 Å². The SMILES string of the molecule is O=C(O)C(=C(F)C1(F)CC(F)(F)C(F)(F)C(F)(F)C1(F)F)c1ccccc1. The lowest BCUT2D eigenvalue weighted by Crippen LogP contribution is -2.74. The monoisotopic (exact) mass is 410 g/mol. The zero-order valence-electron chi connectivity index (χ0n) is 12.7. The summed E-state index contributed by atoms with van der Waals surface area (Å²) >= 11 is 0. The molecule has 12 heteroatoms. The Hall–Kier alpha value is -2.27. The highest BCUT2D eigenvalue weighted by Gasteiger charge is 2.91. The van der Waals surface area contributed by atoms with Gasteiger partial charge in [-0.2, -0.15) is 35.1 Å². The number of hydrogen-bond acceptors (Lipinski definition) is 1. The second kappa shape index (κ2) is 5.86. The molecular formula is C15H8F10O2. The highest BCUT2D eigenvalue weighted by Crippen LogP contribution is 2.66. The van der Waals surface area contributed by atoms with Gasteiger partial charge in [-0.3, -0.25) is 0 Å². The molecule has 2 nitrogen and oxygen atoms in total. The van der Waals surface area contributed by atoms with Crippen LogP contribution in [0.25, 0.3) is 5.57 Å². The number of benzene rings is 1. The summed E-state index contributed by atoms with van der Waals surface area (Å²) in [4.78, 5) is 11.2. The van der Waals surface area contributed by atoms with E-state index in [2.05, 4.69) is 0 Å². The van der Waals surface area contributed by atoms with Gasteiger partial charge in [-0.25, -0.2) is 13.6 Å². The number of carboxylic acids is 1. The van der Waals surface area contributed by atoms with Gasteiger partial charge in [0.1, 0.15) is 5.57 Å². The third kappa shape index (κ3) is 2.59. The highest BCUT2D eigenvalue weighted by atomic mass is 19.4. The predicted octanol–water partition coefficient (Wildman–Crippen LogP) is 5.11. The van der Waals surface area contributed by atoms with Gasteiger partial charge in [-0.1, -0.05) is 30.3 Å². The van der Waals surface area contributed by atoms with Crippen LogP contribution < -0.4 is 0 Å². The van der Waals surface area contributed by atoms with Gasteiger partial charge in [0, 0.05) is 0 Å². The third-order valence-corrected chi connectivity index (χ3v) is 4.06. The third-order valence-electron chi connectivity index (χ3n) is 4.06. The van der Waals surface area contributed by atoms with E-state index in [0.29, 0.717) is 0 Å². The molecule has 1 fully saturated rings. The Bertz CT molecular complexity index is 787. The van der Waals surface area contributed by atoms with Crippen molar-refractivity contribution in [2.75, 3.05) is 0 Å². The average molecular weight is 410 g/mol. The Labute approximate surface area is 144 Å². The smallest absolute Gasteiger partial charge is 0.381 e. The fraction of sp³-hybridized carbons (Fsp3) is 0.400. The molecule has 27 heavy (non-hydrogen) atoms. The zero-order chi connectivity index (χ0) is 21.1. The van der Waals surface area contributed by atoms with Gasteiger partial charge in [0.25, 0.3) is 0 Å². The fourth-order valence-corrected chi connectivity index (χ4v) is 2.57. The molecule has 1 unspecified atom stereocenters. The molecule has 1 saturated carbocycles. The van der Waals surface area contributed by atoms with Crippen LogP contribution in [-0.2, 0) is 4.79 Å². The summed E-state index contributed by atoms with van der Waals surface area (Å²) < 4.78 is 137. The molecule has 0 heterocycles. The number of allylic oxidation sites excluding steroid dienone is 1. The summed E-state index contributed by atoms with van der Waals surface area (Å²) in [5.41, 5.74) is -8.53. The quantitative estimate of drug-likeness (QED) is 0.556. The number of halogens is 10. The minimum Gasteiger partial charge on any atom is -0.478 e. The van der Waals surface area contributed by atoms with Crippen LogP contribution in [0.3, 0.4) is 0 Å². The lowest BCUT2D eigenvalue weighted by molar-refractivity contribution is -0.421. The van der Waals surface area contributed by atoms with E-state index in [1.165, 1.54) is 6.07 Å². The van der Waals surface area contributed by atoms with E-state index < -0.39 is 58.7 Å². The van der Waals surface area contributed by atoms with Crippen molar-refractivity contribution in [3.63, 3.8) is 0 Å². The van der Waals surface area contributed by atoms with Crippen LogP contribution in [0.1, 0.15) is 12.0 Å². The Kier molecular flexibility index (Phi) is 4.57. The maximum atomic E-state index is 14.6. The number of aliphatic carboxylic acids is 1. The molecule has 1 N–H and O–H groups in total. The first-order valence-electron chi connectivity index (χ1n) is 6.94. The molecule has 0 amide bonds. The van der Waals surface area contributed by atoms with Crippen molar-refractivity contribution in [3.05, 3.63) is 41.7 Å². The standard InChI is InChI=1S/C15H8F10O2/c16-9(8(10(26)27)7-4-2-1-3-5-7)11(17)6-12(18,19)14(22,23)15(24,25)13(11,20)21/h1-5H,6H2,(H,26,27). The van der Waals surface area contributed by atoms with Gasteiger partial charge in [0.15, 0.2) is 5.83 Å². The summed E-state index contributed by atoms with van der Waals surface area (Å²) in [6, 6.07) is 4.74. The van der Waals surface area contributed by atoms with E-state index in [1.807, 2.05) is 0 Å². The van der Waals surface area contributed by atoms with Gasteiger partial charge in [0.2, 0.25) is 5.67 Å². The number of hydrogen-bond donors (Lipinski definition) is 1. The number of rotatable bonds is 3. The first-order chi connectivity index (χ1) is 12.0. The second-order valence-corrected chi connectivity index (χ2v) is 5.77. The van der Waals surface area contributed by atoms with Crippen molar-refractivity contribution in [2.24, 2.45) is 0 Å². The van der Waals surface area contributed by atoms with Crippen LogP contribution in [0.2, 0.25) is 0 Å². The molecule has 1 aliphatic carbocycles. The molecule has 1 atom stereocenters. The van der Waals surface area contributed by atoms with E-state index in [0.717, 1.165) is 24.3 Å². The minimum atomic E-state index is -7.02. The van der Waals surface area contributed by atoms with E-state index in [4.69, 9.17) is 5.11 Å². The predicted molar refractivity (Wildman–Crippen MR) is 70.3 cm³/mol. The first-order valence-corrected chi connectivity index (χ1v) is 6.94. The maximum absolute atomic E-state index is 14.6. The molecule has 1 aromatic carbocycles. The van der Waals surface area contributed by atoms with Crippen molar-refractivity contribution in [1.29, 1.82) is 0 Å². The minimum absolute atomic E-state index is 0.734. The Morgan fingerprint density at radius 2 is 1.30 bits per heavy atom. The fourth-order valence-electron chi connectivity index (χ4n) is 2.57. The molecule has 150 valence electrons. The lowest BCUT2D eigenvalue weighted by atomic mass is 9.73. The number of alkyl halides is 9. The molecule has 0 radical (unpaired) electrons. The van der Waals surface area contributed by atoms with Gasteiger partial charge >= 0.3 is 29.7 Å². The maximum Gasteiger partial charge on any atom is 0.381 e. The number of carboxylic acid groups (broad SMARTS) is 1. The Balaban J connectivity index is 2.83. The molecular weight excluding hydrogens is 402 g/mol. The highest BCUT2D eigenvalue weighted by molar-refractivity contribution is 6.16. The molecule has 0 spiro atoms. The molecule has 0 aromatic heterocycles. The van der Waals surface area contributed by atoms with Crippen LogP contribution in [0.4, 0.5) is 43.9 Å². The zero-order valence-corrected chi connectivity index (χ0v) is 12.7. The van der Waals surface area contributed by atoms with Crippen LogP contribution in [0, 0.1) is 0 Å². The summed E-state index contributed by atoms with van der Waals surface area (Å²) in [5, 5.41) is 8.94. The Morgan fingerprint density at radius 1 is 0.815 bits per heavy atom. The molecule has 2 rings (SSSR count).